The van der Waals surface area contributed by atoms with Crippen LogP contribution in [0.25, 0.3) is 0 Å². The van der Waals surface area contributed by atoms with Crippen LogP contribution < -0.4 is 10.9 Å². The van der Waals surface area contributed by atoms with Crippen molar-refractivity contribution in [2.45, 2.75) is 58.3 Å². The number of hydrogen-bond donors (Lipinski definition) is 2. The molecule has 0 bridgehead atoms. The standard InChI is InChI=1S/C15H22N4O2/c1-10(2)14-17-12(9-16)15(21-14)19-18-13(20)8-11-6-4-3-5-7-11/h10-11,19H,3-8H2,1-2H3,(H,18,20). The van der Waals surface area contributed by atoms with Gasteiger partial charge in [-0.25, -0.2) is 4.98 Å². The van der Waals surface area contributed by atoms with Gasteiger partial charge < -0.3 is 4.42 Å². The van der Waals surface area contributed by atoms with Crippen molar-refractivity contribution in [3.63, 3.8) is 0 Å². The highest BCUT2D eigenvalue weighted by Gasteiger charge is 2.19. The molecule has 0 radical (unpaired) electrons. The molecule has 21 heavy (non-hydrogen) atoms. The molecule has 6 nitrogen and oxygen atoms in total. The number of hydrazine groups is 1. The minimum Gasteiger partial charge on any atom is -0.422 e. The van der Waals surface area contributed by atoms with Gasteiger partial charge in [-0.15, -0.1) is 0 Å². The highest BCUT2D eigenvalue weighted by atomic mass is 16.4. The number of amides is 1. The fourth-order valence-corrected chi connectivity index (χ4v) is 2.58. The Kier molecular flexibility index (Phi) is 5.20. The van der Waals surface area contributed by atoms with Crippen molar-refractivity contribution in [1.29, 1.82) is 5.26 Å². The number of carbonyl (C=O) groups excluding carboxylic acids is 1. The zero-order chi connectivity index (χ0) is 15.2. The average Bonchev–Trinajstić information content (AvgIpc) is 2.90. The molecule has 2 N–H and O–H groups in total. The molecule has 2 rings (SSSR count). The molecule has 1 heterocycles. The highest BCUT2D eigenvalue weighted by molar-refractivity contribution is 5.77. The van der Waals surface area contributed by atoms with E-state index in [-0.39, 0.29) is 23.4 Å². The van der Waals surface area contributed by atoms with Crippen LogP contribution in [0.3, 0.4) is 0 Å². The predicted octanol–water partition coefficient (Wildman–Crippen LogP) is 3.08. The summed E-state index contributed by atoms with van der Waals surface area (Å²) in [4.78, 5) is 16.0. The number of nitrogens with zero attached hydrogens (tertiary/aromatic N) is 2. The van der Waals surface area contributed by atoms with Crippen LogP contribution in [0.1, 0.15) is 69.9 Å². The maximum Gasteiger partial charge on any atom is 0.250 e. The van der Waals surface area contributed by atoms with E-state index in [1.807, 2.05) is 19.9 Å². The number of nitrogens with one attached hydrogen (secondary N) is 2. The highest BCUT2D eigenvalue weighted by Crippen LogP contribution is 2.26. The van der Waals surface area contributed by atoms with E-state index in [4.69, 9.17) is 9.68 Å². The second-order valence-corrected chi connectivity index (χ2v) is 5.88. The van der Waals surface area contributed by atoms with Gasteiger partial charge in [0.2, 0.25) is 17.5 Å². The van der Waals surface area contributed by atoms with Crippen LogP contribution in [0.5, 0.6) is 0 Å². The van der Waals surface area contributed by atoms with Gasteiger partial charge in [0.15, 0.2) is 0 Å². The Balaban J connectivity index is 1.87. The summed E-state index contributed by atoms with van der Waals surface area (Å²) in [6, 6.07) is 1.96. The monoisotopic (exact) mass is 290 g/mol. The molecule has 0 spiro atoms. The summed E-state index contributed by atoms with van der Waals surface area (Å²) in [6.07, 6.45) is 6.46. The molecule has 0 aromatic carbocycles. The first-order valence-corrected chi connectivity index (χ1v) is 7.55. The van der Waals surface area contributed by atoms with Crippen molar-refractivity contribution in [1.82, 2.24) is 10.4 Å². The molecule has 1 aromatic rings. The molecule has 1 amide bonds. The smallest absolute Gasteiger partial charge is 0.250 e. The van der Waals surface area contributed by atoms with Gasteiger partial charge in [-0.1, -0.05) is 33.1 Å². The second kappa shape index (κ2) is 7.11. The molecule has 1 aliphatic rings. The van der Waals surface area contributed by atoms with E-state index < -0.39 is 0 Å². The summed E-state index contributed by atoms with van der Waals surface area (Å²) in [7, 11) is 0. The fourth-order valence-electron chi connectivity index (χ4n) is 2.58. The largest absolute Gasteiger partial charge is 0.422 e. The zero-order valence-electron chi connectivity index (χ0n) is 12.6. The molecule has 1 fully saturated rings. The van der Waals surface area contributed by atoms with Gasteiger partial charge in [0, 0.05) is 12.3 Å². The molecule has 6 heteroatoms. The first-order valence-electron chi connectivity index (χ1n) is 7.55. The van der Waals surface area contributed by atoms with E-state index in [2.05, 4.69) is 15.8 Å². The van der Waals surface area contributed by atoms with Crippen LogP contribution in [0.2, 0.25) is 0 Å². The maximum absolute atomic E-state index is 11.9. The second-order valence-electron chi connectivity index (χ2n) is 5.88. The number of nitriles is 1. The van der Waals surface area contributed by atoms with E-state index in [9.17, 15) is 4.79 Å². The summed E-state index contributed by atoms with van der Waals surface area (Å²) in [5.74, 6) is 1.17. The number of oxazole rings is 1. The van der Waals surface area contributed by atoms with Crippen LogP contribution in [0, 0.1) is 17.2 Å². The predicted molar refractivity (Wildman–Crippen MR) is 78.3 cm³/mol. The molecule has 0 aliphatic heterocycles. The first kappa shape index (κ1) is 15.4. The molecule has 0 atom stereocenters. The first-order chi connectivity index (χ1) is 10.1. The average molecular weight is 290 g/mol. The van der Waals surface area contributed by atoms with Crippen molar-refractivity contribution in [2.75, 3.05) is 5.43 Å². The van der Waals surface area contributed by atoms with E-state index >= 15 is 0 Å². The van der Waals surface area contributed by atoms with Gasteiger partial charge in [-0.3, -0.25) is 15.6 Å². The Morgan fingerprint density at radius 2 is 2.14 bits per heavy atom. The minimum atomic E-state index is -0.0757. The number of rotatable bonds is 5. The molecule has 1 aliphatic carbocycles. The summed E-state index contributed by atoms with van der Waals surface area (Å²) in [5, 5.41) is 9.01. The van der Waals surface area contributed by atoms with Crippen molar-refractivity contribution >= 4 is 11.8 Å². The lowest BCUT2D eigenvalue weighted by Crippen LogP contribution is -2.31. The van der Waals surface area contributed by atoms with Crippen molar-refractivity contribution in [2.24, 2.45) is 5.92 Å². The van der Waals surface area contributed by atoms with Crippen LogP contribution >= 0.6 is 0 Å². The third-order valence-electron chi connectivity index (χ3n) is 3.76. The molecule has 1 saturated carbocycles. The van der Waals surface area contributed by atoms with Gasteiger partial charge >= 0.3 is 0 Å². The lowest BCUT2D eigenvalue weighted by Gasteiger charge is -2.20. The lowest BCUT2D eigenvalue weighted by molar-refractivity contribution is -0.121. The van der Waals surface area contributed by atoms with E-state index in [1.165, 1.54) is 19.3 Å². The quantitative estimate of drug-likeness (QED) is 0.813. The summed E-state index contributed by atoms with van der Waals surface area (Å²) < 4.78 is 5.45. The van der Waals surface area contributed by atoms with Gasteiger partial charge in [0.1, 0.15) is 6.07 Å². The Bertz CT molecular complexity index is 524. The third-order valence-corrected chi connectivity index (χ3v) is 3.76. The van der Waals surface area contributed by atoms with Crippen LogP contribution in [0.4, 0.5) is 5.88 Å². The summed E-state index contributed by atoms with van der Waals surface area (Å²) in [5.41, 5.74) is 5.44. The van der Waals surface area contributed by atoms with Gasteiger partial charge in [-0.2, -0.15) is 5.26 Å². The summed E-state index contributed by atoms with van der Waals surface area (Å²) in [6.45, 7) is 3.86. The lowest BCUT2D eigenvalue weighted by atomic mass is 9.87. The Labute approximate surface area is 124 Å². The summed E-state index contributed by atoms with van der Waals surface area (Å²) >= 11 is 0. The minimum absolute atomic E-state index is 0.0757. The third kappa shape index (κ3) is 4.22. The van der Waals surface area contributed by atoms with Crippen molar-refractivity contribution < 1.29 is 9.21 Å². The van der Waals surface area contributed by atoms with E-state index in [0.717, 1.165) is 12.8 Å². The van der Waals surface area contributed by atoms with Gasteiger partial charge in [0.05, 0.1) is 0 Å². The zero-order valence-corrected chi connectivity index (χ0v) is 12.6. The molecular formula is C15H22N4O2. The number of hydrogen-bond acceptors (Lipinski definition) is 5. The normalized spacial score (nSPS) is 15.7. The Morgan fingerprint density at radius 1 is 1.43 bits per heavy atom. The topological polar surface area (TPSA) is 91.0 Å². The molecule has 1 aromatic heterocycles. The van der Waals surface area contributed by atoms with Crippen molar-refractivity contribution in [3.05, 3.63) is 11.6 Å². The molecule has 0 unspecified atom stereocenters. The molecule has 0 saturated heterocycles. The van der Waals surface area contributed by atoms with Crippen LogP contribution in [0.15, 0.2) is 4.42 Å². The Hall–Kier alpha value is -2.03. The maximum atomic E-state index is 11.9. The number of carbonyl (C=O) groups is 1. The molecule has 114 valence electrons. The van der Waals surface area contributed by atoms with Crippen LogP contribution in [-0.2, 0) is 4.79 Å². The Morgan fingerprint density at radius 3 is 2.76 bits per heavy atom. The van der Waals surface area contributed by atoms with E-state index in [0.29, 0.717) is 18.2 Å². The SMILES string of the molecule is CC(C)c1nc(C#N)c(NNC(=O)CC2CCCCC2)o1. The fraction of sp³-hybridized carbons (Fsp3) is 0.667. The van der Waals surface area contributed by atoms with Crippen molar-refractivity contribution in [3.8, 4) is 6.07 Å². The van der Waals surface area contributed by atoms with E-state index in [1.54, 1.807) is 0 Å². The number of aromatic nitrogens is 1. The molecular weight excluding hydrogens is 268 g/mol. The van der Waals surface area contributed by atoms with Gasteiger partial charge in [-0.05, 0) is 18.8 Å². The number of anilines is 1. The van der Waals surface area contributed by atoms with Crippen LogP contribution in [-0.4, -0.2) is 10.9 Å². The van der Waals surface area contributed by atoms with Gasteiger partial charge in [0.25, 0.3) is 5.88 Å².